The van der Waals surface area contributed by atoms with Crippen LogP contribution in [0.25, 0.3) is 0 Å². The van der Waals surface area contributed by atoms with Crippen LogP contribution in [0.15, 0.2) is 24.3 Å². The van der Waals surface area contributed by atoms with Gasteiger partial charge in [0.05, 0.1) is 17.8 Å². The number of nitrogens with one attached hydrogen (secondary N) is 1. The lowest BCUT2D eigenvalue weighted by Crippen LogP contribution is -2.18. The van der Waals surface area contributed by atoms with Crippen molar-refractivity contribution < 1.29 is 4.79 Å². The maximum atomic E-state index is 11.9. The van der Waals surface area contributed by atoms with Gasteiger partial charge in [0.25, 0.3) is 0 Å². The summed E-state index contributed by atoms with van der Waals surface area (Å²) in [5, 5.41) is 10.3. The second-order valence-corrected chi connectivity index (χ2v) is 4.23. The first-order valence-corrected chi connectivity index (χ1v) is 5.87. The van der Waals surface area contributed by atoms with Gasteiger partial charge in [-0.2, -0.15) is 5.10 Å². The van der Waals surface area contributed by atoms with Crippen LogP contribution in [-0.4, -0.2) is 21.1 Å². The molecule has 1 aromatic carbocycles. The number of hydrogen-bond donors (Lipinski definition) is 2. The highest BCUT2D eigenvalue weighted by Crippen LogP contribution is 2.11. The molecule has 0 atom stereocenters. The van der Waals surface area contributed by atoms with Gasteiger partial charge in [-0.25, -0.2) is 4.98 Å². The van der Waals surface area contributed by atoms with Crippen molar-refractivity contribution in [2.24, 2.45) is 0 Å². The molecule has 1 heterocycles. The van der Waals surface area contributed by atoms with E-state index < -0.39 is 0 Å². The van der Waals surface area contributed by atoms with Gasteiger partial charge in [-0.15, -0.1) is 5.10 Å². The topological polar surface area (TPSA) is 93.8 Å². The van der Waals surface area contributed by atoms with Crippen LogP contribution in [0.2, 0.25) is 0 Å². The van der Waals surface area contributed by atoms with Gasteiger partial charge in [0, 0.05) is 5.69 Å². The molecule has 2 aromatic rings. The molecule has 0 fully saturated rings. The molecule has 0 radical (unpaired) electrons. The molecule has 0 saturated carbocycles. The van der Waals surface area contributed by atoms with E-state index in [1.807, 2.05) is 32.0 Å². The van der Waals surface area contributed by atoms with Crippen molar-refractivity contribution in [3.05, 3.63) is 41.2 Å². The zero-order valence-electron chi connectivity index (χ0n) is 10.8. The van der Waals surface area contributed by atoms with Crippen LogP contribution >= 0.6 is 0 Å². The van der Waals surface area contributed by atoms with E-state index in [0.717, 1.165) is 17.0 Å². The van der Waals surface area contributed by atoms with Gasteiger partial charge in [-0.3, -0.25) is 10.1 Å². The molecule has 0 aliphatic carbocycles. The molecule has 1 amide bonds. The molecule has 0 unspecified atom stereocenters. The Balaban J connectivity index is 2.05. The number of benzene rings is 1. The molecule has 6 nitrogen and oxygen atoms in total. The van der Waals surface area contributed by atoms with Crippen LogP contribution in [-0.2, 0) is 11.2 Å². The molecule has 0 bridgehead atoms. The van der Waals surface area contributed by atoms with Crippen molar-refractivity contribution in [2.75, 3.05) is 11.1 Å². The summed E-state index contributed by atoms with van der Waals surface area (Å²) in [6.45, 7) is 3.63. The van der Waals surface area contributed by atoms with Crippen molar-refractivity contribution in [1.82, 2.24) is 15.2 Å². The van der Waals surface area contributed by atoms with Crippen LogP contribution in [0.3, 0.4) is 0 Å². The van der Waals surface area contributed by atoms with E-state index in [1.54, 1.807) is 6.07 Å². The summed E-state index contributed by atoms with van der Waals surface area (Å²) >= 11 is 0. The SMILES string of the molecule is Cc1nnc(NC(=O)Cc2ccccc2N)nc1C. The van der Waals surface area contributed by atoms with Crippen molar-refractivity contribution in [3.63, 3.8) is 0 Å². The lowest BCUT2D eigenvalue weighted by molar-refractivity contribution is -0.115. The van der Waals surface area contributed by atoms with E-state index in [4.69, 9.17) is 5.73 Å². The fourth-order valence-corrected chi connectivity index (χ4v) is 1.55. The molecule has 1 aromatic heterocycles. The Morgan fingerprint density at radius 3 is 2.63 bits per heavy atom. The fourth-order valence-electron chi connectivity index (χ4n) is 1.55. The number of nitrogens with zero attached hydrogens (tertiary/aromatic N) is 3. The second kappa shape index (κ2) is 5.43. The first-order chi connectivity index (χ1) is 9.06. The summed E-state index contributed by atoms with van der Waals surface area (Å²) in [6.07, 6.45) is 0.183. The molecular weight excluding hydrogens is 242 g/mol. The third-order valence-electron chi connectivity index (χ3n) is 2.75. The molecule has 0 spiro atoms. The number of nitrogen functional groups attached to an aromatic ring is 1. The van der Waals surface area contributed by atoms with Gasteiger partial charge in [0.2, 0.25) is 11.9 Å². The highest BCUT2D eigenvalue weighted by molar-refractivity contribution is 5.91. The Morgan fingerprint density at radius 2 is 1.95 bits per heavy atom. The maximum absolute atomic E-state index is 11.9. The lowest BCUT2D eigenvalue weighted by Gasteiger charge is -2.06. The van der Waals surface area contributed by atoms with Crippen LogP contribution < -0.4 is 11.1 Å². The van der Waals surface area contributed by atoms with Crippen molar-refractivity contribution >= 4 is 17.5 Å². The maximum Gasteiger partial charge on any atom is 0.249 e. The van der Waals surface area contributed by atoms with Gasteiger partial charge in [-0.1, -0.05) is 18.2 Å². The molecule has 98 valence electrons. The van der Waals surface area contributed by atoms with Gasteiger partial charge >= 0.3 is 0 Å². The van der Waals surface area contributed by atoms with Gasteiger partial charge in [0.1, 0.15) is 0 Å². The van der Waals surface area contributed by atoms with Crippen LogP contribution in [0.5, 0.6) is 0 Å². The molecule has 3 N–H and O–H groups in total. The summed E-state index contributed by atoms with van der Waals surface area (Å²) < 4.78 is 0. The molecule has 0 aliphatic heterocycles. The Kier molecular flexibility index (Phi) is 3.70. The molecule has 0 aliphatic rings. The molecule has 2 rings (SSSR count). The Hall–Kier alpha value is -2.50. The van der Waals surface area contributed by atoms with E-state index >= 15 is 0 Å². The summed E-state index contributed by atoms with van der Waals surface area (Å²) in [4.78, 5) is 16.0. The number of amides is 1. The van der Waals surface area contributed by atoms with Crippen LogP contribution in [0.4, 0.5) is 11.6 Å². The molecule has 6 heteroatoms. The highest BCUT2D eigenvalue weighted by atomic mass is 16.1. The number of carbonyl (C=O) groups is 1. The normalized spacial score (nSPS) is 10.2. The number of para-hydroxylation sites is 1. The zero-order valence-corrected chi connectivity index (χ0v) is 10.8. The Labute approximate surface area is 111 Å². The summed E-state index contributed by atoms with van der Waals surface area (Å²) in [7, 11) is 0. The summed E-state index contributed by atoms with van der Waals surface area (Å²) in [6, 6.07) is 7.24. The Morgan fingerprint density at radius 1 is 1.21 bits per heavy atom. The average Bonchev–Trinajstić information content (AvgIpc) is 2.37. The van der Waals surface area contributed by atoms with Crippen molar-refractivity contribution in [1.29, 1.82) is 0 Å². The lowest BCUT2D eigenvalue weighted by atomic mass is 10.1. The number of carbonyl (C=O) groups excluding carboxylic acids is 1. The summed E-state index contributed by atoms with van der Waals surface area (Å²) in [5.74, 6) is -0.00874. The van der Waals surface area contributed by atoms with E-state index in [2.05, 4.69) is 20.5 Å². The van der Waals surface area contributed by atoms with E-state index in [1.165, 1.54) is 0 Å². The number of hydrogen-bond acceptors (Lipinski definition) is 5. The minimum atomic E-state index is -0.219. The Bertz CT molecular complexity index is 612. The minimum Gasteiger partial charge on any atom is -0.398 e. The van der Waals surface area contributed by atoms with Gasteiger partial charge in [-0.05, 0) is 25.5 Å². The van der Waals surface area contributed by atoms with Gasteiger partial charge < -0.3 is 5.73 Å². The first-order valence-electron chi connectivity index (χ1n) is 5.87. The van der Waals surface area contributed by atoms with Crippen molar-refractivity contribution in [2.45, 2.75) is 20.3 Å². The molecule has 0 saturated heterocycles. The number of nitrogens with two attached hydrogens (primary N) is 1. The standard InChI is InChI=1S/C13H15N5O/c1-8-9(2)17-18-13(15-8)16-12(19)7-10-5-3-4-6-11(10)14/h3-6H,7,14H2,1-2H3,(H,15,16,18,19). The number of aromatic nitrogens is 3. The van der Waals surface area contributed by atoms with Crippen molar-refractivity contribution in [3.8, 4) is 0 Å². The predicted molar refractivity (Wildman–Crippen MR) is 72.5 cm³/mol. The highest BCUT2D eigenvalue weighted by Gasteiger charge is 2.09. The summed E-state index contributed by atoms with van der Waals surface area (Å²) in [5.41, 5.74) is 8.63. The number of aryl methyl sites for hydroxylation is 2. The van der Waals surface area contributed by atoms with E-state index in [9.17, 15) is 4.79 Å². The predicted octanol–water partition coefficient (Wildman–Crippen LogP) is 1.25. The first kappa shape index (κ1) is 12.9. The average molecular weight is 257 g/mol. The fraction of sp³-hybridized carbons (Fsp3) is 0.231. The van der Waals surface area contributed by atoms with Crippen LogP contribution in [0, 0.1) is 13.8 Å². The van der Waals surface area contributed by atoms with E-state index in [-0.39, 0.29) is 18.3 Å². The number of anilines is 2. The van der Waals surface area contributed by atoms with Gasteiger partial charge in [0.15, 0.2) is 0 Å². The third-order valence-corrected chi connectivity index (χ3v) is 2.75. The second-order valence-electron chi connectivity index (χ2n) is 4.23. The third kappa shape index (κ3) is 3.25. The monoisotopic (exact) mass is 257 g/mol. The van der Waals surface area contributed by atoms with E-state index in [0.29, 0.717) is 5.69 Å². The minimum absolute atomic E-state index is 0.183. The quantitative estimate of drug-likeness (QED) is 0.807. The number of rotatable bonds is 3. The molecule has 19 heavy (non-hydrogen) atoms. The largest absolute Gasteiger partial charge is 0.398 e. The van der Waals surface area contributed by atoms with Crippen LogP contribution in [0.1, 0.15) is 17.0 Å². The zero-order chi connectivity index (χ0) is 13.8. The molecular formula is C13H15N5O. The smallest absolute Gasteiger partial charge is 0.249 e.